The molecule has 3 N–H and O–H groups in total. The molecular weight excluding hydrogens is 1390 g/mol. The van der Waals surface area contributed by atoms with Crippen molar-refractivity contribution in [3.8, 4) is 0 Å². The van der Waals surface area contributed by atoms with Crippen LogP contribution in [0.25, 0.3) is 0 Å². The lowest BCUT2D eigenvalue weighted by atomic mass is 9.99. The van der Waals surface area contributed by atoms with E-state index in [0.717, 1.165) is 102 Å². The number of phosphoric ester groups is 2. The number of hydrogen-bond donors (Lipinski definition) is 3. The highest BCUT2D eigenvalue weighted by Gasteiger charge is 2.30. The van der Waals surface area contributed by atoms with Crippen LogP contribution in [0.5, 0.6) is 0 Å². The van der Waals surface area contributed by atoms with Crippen LogP contribution in [0, 0.1) is 5.92 Å². The molecule has 0 aliphatic carbocycles. The molecule has 3 unspecified atom stereocenters. The van der Waals surface area contributed by atoms with Gasteiger partial charge in [-0.25, -0.2) is 9.13 Å². The van der Waals surface area contributed by atoms with Gasteiger partial charge in [0.1, 0.15) is 19.3 Å². The summed E-state index contributed by atoms with van der Waals surface area (Å²) in [7, 11) is -9.92. The highest BCUT2D eigenvalue weighted by Crippen LogP contribution is 2.45. The zero-order valence-corrected chi connectivity index (χ0v) is 72.1. The number of aliphatic hydroxyl groups excluding tert-OH is 1. The second kappa shape index (κ2) is 80.7. The third-order valence-corrected chi connectivity index (χ3v) is 23.0. The fourth-order valence-electron chi connectivity index (χ4n) is 13.8. The summed E-state index contributed by atoms with van der Waals surface area (Å²) in [4.78, 5) is 72.9. The maximum absolute atomic E-state index is 13.1. The van der Waals surface area contributed by atoms with Gasteiger partial charge in [0.25, 0.3) is 0 Å². The van der Waals surface area contributed by atoms with Gasteiger partial charge in [0.2, 0.25) is 0 Å². The number of phosphoric acid groups is 2. The summed E-state index contributed by atoms with van der Waals surface area (Å²) in [5.41, 5.74) is 0. The van der Waals surface area contributed by atoms with Crippen LogP contribution in [0.4, 0.5) is 0 Å². The molecule has 0 radical (unpaired) electrons. The van der Waals surface area contributed by atoms with Crippen molar-refractivity contribution in [3.63, 3.8) is 0 Å². The number of rotatable bonds is 88. The van der Waals surface area contributed by atoms with Crippen LogP contribution >= 0.6 is 15.6 Å². The molecule has 636 valence electrons. The van der Waals surface area contributed by atoms with Crippen LogP contribution in [-0.4, -0.2) is 96.7 Å². The smallest absolute Gasteiger partial charge is 0.462 e. The van der Waals surface area contributed by atoms with Gasteiger partial charge in [-0.2, -0.15) is 0 Å². The van der Waals surface area contributed by atoms with E-state index in [1.165, 1.54) is 295 Å². The predicted octanol–water partition coefficient (Wildman–Crippen LogP) is 27.2. The number of aliphatic hydroxyl groups is 1. The second-order valence-electron chi connectivity index (χ2n) is 31.9. The summed E-state index contributed by atoms with van der Waals surface area (Å²) in [6, 6.07) is 0. The Morgan fingerprint density at radius 3 is 0.664 bits per heavy atom. The van der Waals surface area contributed by atoms with E-state index in [1.54, 1.807) is 0 Å². The van der Waals surface area contributed by atoms with Crippen molar-refractivity contribution < 1.29 is 80.2 Å². The fourth-order valence-corrected chi connectivity index (χ4v) is 15.4. The maximum atomic E-state index is 13.1. The van der Waals surface area contributed by atoms with E-state index in [9.17, 15) is 43.2 Å². The number of ether oxygens (including phenoxy) is 4. The Kier molecular flexibility index (Phi) is 79.2. The Morgan fingerprint density at radius 2 is 0.449 bits per heavy atom. The van der Waals surface area contributed by atoms with E-state index in [-0.39, 0.29) is 25.7 Å². The lowest BCUT2D eigenvalue weighted by Gasteiger charge is -2.21. The summed E-state index contributed by atoms with van der Waals surface area (Å²) < 4.78 is 68.7. The average molecular weight is 1560 g/mol. The molecule has 0 aromatic carbocycles. The van der Waals surface area contributed by atoms with Crippen molar-refractivity contribution in [1.29, 1.82) is 0 Å². The van der Waals surface area contributed by atoms with Crippen molar-refractivity contribution in [2.45, 2.75) is 496 Å². The van der Waals surface area contributed by atoms with Crippen LogP contribution in [0.1, 0.15) is 478 Å². The predicted molar refractivity (Wildman–Crippen MR) is 442 cm³/mol. The first-order valence-electron chi connectivity index (χ1n) is 45.7. The molecule has 107 heavy (non-hydrogen) atoms. The van der Waals surface area contributed by atoms with Crippen molar-refractivity contribution in [1.82, 2.24) is 0 Å². The molecule has 17 nitrogen and oxygen atoms in total. The van der Waals surface area contributed by atoms with E-state index < -0.39 is 97.5 Å². The van der Waals surface area contributed by atoms with E-state index >= 15 is 0 Å². The maximum Gasteiger partial charge on any atom is 0.472 e. The van der Waals surface area contributed by atoms with Gasteiger partial charge >= 0.3 is 39.5 Å². The lowest BCUT2D eigenvalue weighted by Crippen LogP contribution is -2.30. The highest BCUT2D eigenvalue weighted by atomic mass is 31.2. The number of esters is 4. The first-order chi connectivity index (χ1) is 52.1. The molecular formula is C88H172O17P2. The molecule has 0 fully saturated rings. The standard InChI is InChI=1S/C88H172O17P2/c1-6-10-13-16-18-20-22-24-26-28-30-32-34-36-38-40-45-49-53-57-62-67-72-86(91)99-78-84(105-88(93)74-69-63-58-54-50-46-41-39-37-35-33-31-29-27-25-23-21-19-17-14-11-7-2)80-103-107(96,97)101-76-82(89)75-100-106(94,95)102-79-83(77-98-85(90)71-66-60-15-12-8-3)104-87(92)73-68-64-59-55-51-47-43-42-44-48-52-56-61-65-70-81(5)9-4/h81-84,89H,6-80H2,1-5H3,(H,94,95)(H,96,97)/t81?,82-,83+,84+/m0/s1. The van der Waals surface area contributed by atoms with Gasteiger partial charge in [-0.15, -0.1) is 0 Å². The van der Waals surface area contributed by atoms with E-state index in [1.807, 2.05) is 0 Å². The zero-order chi connectivity index (χ0) is 78.3. The molecule has 0 amide bonds. The summed E-state index contributed by atoms with van der Waals surface area (Å²) >= 11 is 0. The van der Waals surface area contributed by atoms with Crippen LogP contribution < -0.4 is 0 Å². The Morgan fingerprint density at radius 1 is 0.262 bits per heavy atom. The summed E-state index contributed by atoms with van der Waals surface area (Å²) in [6.07, 6.45) is 75.7. The Labute approximate surface area is 658 Å². The first-order valence-corrected chi connectivity index (χ1v) is 48.7. The summed E-state index contributed by atoms with van der Waals surface area (Å²) in [5.74, 6) is -1.27. The minimum Gasteiger partial charge on any atom is -0.462 e. The molecule has 0 aromatic heterocycles. The normalized spacial score (nSPS) is 14.0. The van der Waals surface area contributed by atoms with Crippen LogP contribution in [-0.2, 0) is 65.4 Å². The second-order valence-corrected chi connectivity index (χ2v) is 34.8. The molecule has 0 aromatic rings. The average Bonchev–Trinajstić information content (AvgIpc) is 0.904. The van der Waals surface area contributed by atoms with Gasteiger partial charge in [-0.1, -0.05) is 426 Å². The van der Waals surface area contributed by atoms with Gasteiger partial charge in [0.15, 0.2) is 12.2 Å². The molecule has 0 saturated heterocycles. The van der Waals surface area contributed by atoms with E-state index in [0.29, 0.717) is 25.7 Å². The minimum atomic E-state index is -4.96. The van der Waals surface area contributed by atoms with Gasteiger partial charge in [0.05, 0.1) is 26.4 Å². The number of hydrogen-bond acceptors (Lipinski definition) is 15. The van der Waals surface area contributed by atoms with Crippen LogP contribution in [0.2, 0.25) is 0 Å². The molecule has 0 heterocycles. The SMILES string of the molecule is CCCCCCCCCCCCCCCCCCCCCCCCC(=O)OC[C@H](COP(=O)(O)OC[C@@H](O)COP(=O)(O)OC[C@@H](COC(=O)CCCCCCC)OC(=O)CCCCCCCCCCCCCCCCC(C)CC)OC(=O)CCCCCCCCCCCCCCCCCCCCCCCC. The quantitative estimate of drug-likeness (QED) is 0.0222. The molecule has 0 rings (SSSR count). The first kappa shape index (κ1) is 105. The van der Waals surface area contributed by atoms with Gasteiger partial charge in [-0.3, -0.25) is 37.3 Å². The van der Waals surface area contributed by atoms with E-state index in [4.69, 9.17) is 37.0 Å². The van der Waals surface area contributed by atoms with Crippen molar-refractivity contribution >= 4 is 39.5 Å². The summed E-state index contributed by atoms with van der Waals surface area (Å²) in [6.45, 7) is 7.33. The Balaban J connectivity index is 5.09. The van der Waals surface area contributed by atoms with Crippen molar-refractivity contribution in [2.75, 3.05) is 39.6 Å². The molecule has 0 saturated carbocycles. The Hall–Kier alpha value is -1.94. The Bertz CT molecular complexity index is 2030. The fraction of sp³-hybridized carbons (Fsp3) is 0.955. The van der Waals surface area contributed by atoms with E-state index in [2.05, 4.69) is 34.6 Å². The zero-order valence-electron chi connectivity index (χ0n) is 70.3. The van der Waals surface area contributed by atoms with Crippen LogP contribution in [0.15, 0.2) is 0 Å². The van der Waals surface area contributed by atoms with Crippen LogP contribution in [0.3, 0.4) is 0 Å². The molecule has 6 atom stereocenters. The number of carbonyl (C=O) groups is 4. The van der Waals surface area contributed by atoms with Crippen molar-refractivity contribution in [2.24, 2.45) is 5.92 Å². The number of carbonyl (C=O) groups excluding carboxylic acids is 4. The van der Waals surface area contributed by atoms with Gasteiger partial charge in [0, 0.05) is 25.7 Å². The third kappa shape index (κ3) is 80.5. The van der Waals surface area contributed by atoms with Gasteiger partial charge in [-0.05, 0) is 31.6 Å². The monoisotopic (exact) mass is 1560 g/mol. The highest BCUT2D eigenvalue weighted by molar-refractivity contribution is 7.47. The molecule has 0 aliphatic rings. The molecule has 0 bridgehead atoms. The molecule has 19 heteroatoms. The van der Waals surface area contributed by atoms with Gasteiger partial charge < -0.3 is 33.8 Å². The summed E-state index contributed by atoms with van der Waals surface area (Å²) in [5, 5.41) is 10.6. The number of unbranched alkanes of at least 4 members (excludes halogenated alkanes) is 59. The lowest BCUT2D eigenvalue weighted by molar-refractivity contribution is -0.161. The molecule has 0 aliphatic heterocycles. The molecule has 0 spiro atoms. The topological polar surface area (TPSA) is 237 Å². The minimum absolute atomic E-state index is 0.107. The third-order valence-electron chi connectivity index (χ3n) is 21.1. The largest absolute Gasteiger partial charge is 0.472 e. The van der Waals surface area contributed by atoms with Crippen molar-refractivity contribution in [3.05, 3.63) is 0 Å².